The minimum Gasteiger partial charge on any atom is -0.462 e. The van der Waals surface area contributed by atoms with Crippen LogP contribution in [0.15, 0.2) is 24.3 Å². The van der Waals surface area contributed by atoms with Gasteiger partial charge in [-0.1, -0.05) is 295 Å². The standard InChI is InChI=1S/C66H125O11P/c1-4-7-10-13-16-19-22-25-28-30-31-33-35-37-40-43-46-49-52-55-64(68)73-59-63(77-66(70)57-54-51-48-45-42-39-36-32-29-26-23-20-17-14-11-8-5-2)61-75-78(71,72)74-60-62(58-67)76-65(69)56-53-50-47-44-41-38-34-27-24-21-18-15-12-9-6-3/h17,20,26,29,62-63,67H,4-16,18-19,21-25,27-28,30-61H2,1-3H3,(H,71,72)/b20-17-,29-26-. The van der Waals surface area contributed by atoms with Crippen LogP contribution in [0.4, 0.5) is 0 Å². The van der Waals surface area contributed by atoms with Gasteiger partial charge in [-0.05, 0) is 51.4 Å². The number of carbonyl (C=O) groups excluding carboxylic acids is 3. The first-order valence-corrected chi connectivity index (χ1v) is 34.7. The molecule has 0 saturated carbocycles. The summed E-state index contributed by atoms with van der Waals surface area (Å²) in [6, 6.07) is 0. The Morgan fingerprint density at radius 1 is 0.359 bits per heavy atom. The van der Waals surface area contributed by atoms with Crippen molar-refractivity contribution < 1.29 is 52.2 Å². The molecule has 0 aliphatic rings. The van der Waals surface area contributed by atoms with E-state index in [0.29, 0.717) is 19.3 Å². The molecule has 2 N–H and O–H groups in total. The summed E-state index contributed by atoms with van der Waals surface area (Å²) in [5.41, 5.74) is 0. The maximum Gasteiger partial charge on any atom is 0.472 e. The predicted molar refractivity (Wildman–Crippen MR) is 326 cm³/mol. The largest absolute Gasteiger partial charge is 0.472 e. The van der Waals surface area contributed by atoms with E-state index in [2.05, 4.69) is 45.1 Å². The first kappa shape index (κ1) is 76.0. The van der Waals surface area contributed by atoms with Crippen LogP contribution < -0.4 is 0 Å². The number of phosphoric ester groups is 1. The fourth-order valence-corrected chi connectivity index (χ4v) is 10.6. The van der Waals surface area contributed by atoms with Gasteiger partial charge in [0.2, 0.25) is 0 Å². The zero-order valence-corrected chi connectivity index (χ0v) is 52.1. The topological polar surface area (TPSA) is 155 Å². The summed E-state index contributed by atoms with van der Waals surface area (Å²) in [6.45, 7) is 4.70. The highest BCUT2D eigenvalue weighted by Gasteiger charge is 2.28. The number of ether oxygens (including phenoxy) is 3. The van der Waals surface area contributed by atoms with E-state index in [4.69, 9.17) is 23.3 Å². The Bertz CT molecular complexity index is 1400. The van der Waals surface area contributed by atoms with Crippen molar-refractivity contribution in [2.75, 3.05) is 26.4 Å². The van der Waals surface area contributed by atoms with Crippen molar-refractivity contribution in [2.24, 2.45) is 0 Å². The fraction of sp³-hybridized carbons (Fsp3) is 0.894. The molecule has 0 fully saturated rings. The van der Waals surface area contributed by atoms with E-state index in [1.165, 1.54) is 205 Å². The number of esters is 3. The van der Waals surface area contributed by atoms with Crippen LogP contribution in [0.25, 0.3) is 0 Å². The molecular formula is C66H125O11P. The third-order valence-electron chi connectivity index (χ3n) is 14.9. The van der Waals surface area contributed by atoms with Crippen LogP contribution >= 0.6 is 7.82 Å². The molecule has 0 amide bonds. The Labute approximate surface area is 480 Å². The second-order valence-electron chi connectivity index (χ2n) is 22.7. The molecular weight excluding hydrogens is 1000 g/mol. The van der Waals surface area contributed by atoms with E-state index in [1.807, 2.05) is 0 Å². The van der Waals surface area contributed by atoms with Gasteiger partial charge in [0.15, 0.2) is 6.10 Å². The van der Waals surface area contributed by atoms with Crippen molar-refractivity contribution in [3.05, 3.63) is 24.3 Å². The molecule has 0 spiro atoms. The first-order chi connectivity index (χ1) is 38.2. The molecule has 0 aliphatic heterocycles. The lowest BCUT2D eigenvalue weighted by molar-refractivity contribution is -0.161. The van der Waals surface area contributed by atoms with Crippen LogP contribution in [0, 0.1) is 0 Å². The van der Waals surface area contributed by atoms with Gasteiger partial charge in [-0.3, -0.25) is 23.4 Å². The maximum atomic E-state index is 13.0. The Kier molecular flexibility index (Phi) is 59.4. The lowest BCUT2D eigenvalue weighted by Crippen LogP contribution is -2.30. The van der Waals surface area contributed by atoms with Crippen molar-refractivity contribution >= 4 is 25.7 Å². The summed E-state index contributed by atoms with van der Waals surface area (Å²) in [5.74, 6) is -1.44. The van der Waals surface area contributed by atoms with Crippen LogP contribution in [-0.4, -0.2) is 66.5 Å². The van der Waals surface area contributed by atoms with E-state index in [1.54, 1.807) is 0 Å². The van der Waals surface area contributed by atoms with Crippen molar-refractivity contribution in [2.45, 2.75) is 354 Å². The third kappa shape index (κ3) is 58.6. The third-order valence-corrected chi connectivity index (χ3v) is 15.8. The molecule has 0 radical (unpaired) electrons. The molecule has 0 heterocycles. The van der Waals surface area contributed by atoms with Crippen LogP contribution in [0.2, 0.25) is 0 Å². The maximum absolute atomic E-state index is 13.0. The van der Waals surface area contributed by atoms with E-state index in [-0.39, 0.29) is 25.9 Å². The zero-order valence-electron chi connectivity index (χ0n) is 51.2. The van der Waals surface area contributed by atoms with Crippen LogP contribution in [0.1, 0.15) is 342 Å². The summed E-state index contributed by atoms with van der Waals surface area (Å²) in [6.07, 6.45) is 64.1. The first-order valence-electron chi connectivity index (χ1n) is 33.2. The number of phosphoric acid groups is 1. The number of allylic oxidation sites excluding steroid dienone is 4. The molecule has 0 rings (SSSR count). The second kappa shape index (κ2) is 61.0. The predicted octanol–water partition coefficient (Wildman–Crippen LogP) is 20.2. The molecule has 0 saturated heterocycles. The highest BCUT2D eigenvalue weighted by molar-refractivity contribution is 7.47. The summed E-state index contributed by atoms with van der Waals surface area (Å²) in [5, 5.41) is 9.85. The highest BCUT2D eigenvalue weighted by Crippen LogP contribution is 2.43. The SMILES string of the molecule is CCCCC/C=C\C/C=C\CCCCCCCCCC(=O)OC(COC(=O)CCCCCCCCCCCCCCCCCCCCC)COP(=O)(O)OCC(CO)OC(=O)CCCCCCCCCCCCCCCCC. The Morgan fingerprint density at radius 2 is 0.628 bits per heavy atom. The van der Waals surface area contributed by atoms with Crippen molar-refractivity contribution in [3.8, 4) is 0 Å². The average molecular weight is 1130 g/mol. The fourth-order valence-electron chi connectivity index (χ4n) is 9.80. The number of hydrogen-bond donors (Lipinski definition) is 2. The molecule has 12 heteroatoms. The quantitative estimate of drug-likeness (QED) is 0.0197. The van der Waals surface area contributed by atoms with Crippen molar-refractivity contribution in [1.82, 2.24) is 0 Å². The van der Waals surface area contributed by atoms with Crippen molar-refractivity contribution in [3.63, 3.8) is 0 Å². The van der Waals surface area contributed by atoms with Gasteiger partial charge in [-0.2, -0.15) is 0 Å². The van der Waals surface area contributed by atoms with Gasteiger partial charge in [0.1, 0.15) is 12.7 Å². The molecule has 0 aromatic heterocycles. The second-order valence-corrected chi connectivity index (χ2v) is 24.1. The number of aliphatic hydroxyl groups is 1. The number of carbonyl (C=O) groups is 3. The molecule has 3 unspecified atom stereocenters. The summed E-state index contributed by atoms with van der Waals surface area (Å²) in [4.78, 5) is 48.8. The molecule has 0 aromatic carbocycles. The van der Waals surface area contributed by atoms with Gasteiger partial charge in [-0.15, -0.1) is 0 Å². The number of hydrogen-bond acceptors (Lipinski definition) is 10. The normalized spacial score (nSPS) is 13.3. The van der Waals surface area contributed by atoms with E-state index < -0.39 is 57.8 Å². The van der Waals surface area contributed by atoms with Gasteiger partial charge in [0.25, 0.3) is 0 Å². The Balaban J connectivity index is 4.65. The molecule has 11 nitrogen and oxygen atoms in total. The number of aliphatic hydroxyl groups excluding tert-OH is 1. The van der Waals surface area contributed by atoms with Gasteiger partial charge in [0, 0.05) is 19.3 Å². The highest BCUT2D eigenvalue weighted by atomic mass is 31.2. The number of rotatable bonds is 63. The van der Waals surface area contributed by atoms with E-state index in [9.17, 15) is 28.9 Å². The molecule has 0 bridgehead atoms. The Morgan fingerprint density at radius 3 is 0.974 bits per heavy atom. The number of unbranched alkanes of at least 4 members (excludes halogenated alkanes) is 42. The Hall–Kier alpha value is -2.04. The molecule has 3 atom stereocenters. The molecule has 460 valence electrons. The summed E-state index contributed by atoms with van der Waals surface area (Å²) in [7, 11) is -4.75. The smallest absolute Gasteiger partial charge is 0.462 e. The zero-order chi connectivity index (χ0) is 56.9. The van der Waals surface area contributed by atoms with Gasteiger partial charge < -0.3 is 24.2 Å². The molecule has 78 heavy (non-hydrogen) atoms. The van der Waals surface area contributed by atoms with E-state index in [0.717, 1.165) is 77.0 Å². The minimum atomic E-state index is -4.75. The van der Waals surface area contributed by atoms with Crippen LogP contribution in [0.3, 0.4) is 0 Å². The molecule has 0 aromatic rings. The van der Waals surface area contributed by atoms with Crippen LogP contribution in [0.5, 0.6) is 0 Å². The van der Waals surface area contributed by atoms with Crippen LogP contribution in [-0.2, 0) is 42.2 Å². The van der Waals surface area contributed by atoms with E-state index >= 15 is 0 Å². The average Bonchev–Trinajstić information content (AvgIpc) is 3.43. The van der Waals surface area contributed by atoms with Crippen molar-refractivity contribution in [1.29, 1.82) is 0 Å². The lowest BCUT2D eigenvalue weighted by atomic mass is 10.0. The minimum absolute atomic E-state index is 0.165. The lowest BCUT2D eigenvalue weighted by Gasteiger charge is -2.21. The molecule has 0 aliphatic carbocycles. The van der Waals surface area contributed by atoms with Gasteiger partial charge in [-0.25, -0.2) is 4.57 Å². The monoisotopic (exact) mass is 1120 g/mol. The summed E-state index contributed by atoms with van der Waals surface area (Å²) < 4.78 is 39.7. The summed E-state index contributed by atoms with van der Waals surface area (Å²) >= 11 is 0. The van der Waals surface area contributed by atoms with Gasteiger partial charge >= 0.3 is 25.7 Å². The van der Waals surface area contributed by atoms with Gasteiger partial charge in [0.05, 0.1) is 19.8 Å².